The highest BCUT2D eigenvalue weighted by Crippen LogP contribution is 2.12. The molecule has 0 aromatic heterocycles. The molecule has 0 aliphatic heterocycles. The first-order chi connectivity index (χ1) is 7.67. The van der Waals surface area contributed by atoms with Crippen LogP contribution < -0.4 is 0 Å². The van der Waals surface area contributed by atoms with Crippen LogP contribution in [0.3, 0.4) is 0 Å². The van der Waals surface area contributed by atoms with Gasteiger partial charge in [0.05, 0.1) is 11.5 Å². The molecule has 0 aliphatic carbocycles. The second-order valence-corrected chi connectivity index (χ2v) is 5.27. The van der Waals surface area contributed by atoms with Gasteiger partial charge in [-0.25, -0.2) is 0 Å². The lowest BCUT2D eigenvalue weighted by molar-refractivity contribution is 0.307. The van der Waals surface area contributed by atoms with Crippen LogP contribution >= 0.6 is 0 Å². The summed E-state index contributed by atoms with van der Waals surface area (Å²) in [5, 5.41) is 0. The zero-order valence-corrected chi connectivity index (χ0v) is 10.4. The van der Waals surface area contributed by atoms with Crippen molar-refractivity contribution < 1.29 is 12.6 Å². The van der Waals surface area contributed by atoms with Gasteiger partial charge in [0.25, 0.3) is 10.1 Å². The first kappa shape index (κ1) is 13.2. The Morgan fingerprint density at radius 3 is 2.38 bits per heavy atom. The predicted octanol–water partition coefficient (Wildman–Crippen LogP) is 2.97. The maximum atomic E-state index is 11.6. The summed E-state index contributed by atoms with van der Waals surface area (Å²) < 4.78 is 28.2. The van der Waals surface area contributed by atoms with Gasteiger partial charge in [0, 0.05) is 0 Å². The Labute approximate surface area is 97.6 Å². The number of hydrogen-bond acceptors (Lipinski definition) is 3. The molecule has 0 spiro atoms. The highest BCUT2D eigenvalue weighted by Gasteiger charge is 2.13. The fourth-order valence-corrected chi connectivity index (χ4v) is 2.32. The van der Waals surface area contributed by atoms with Gasteiger partial charge in [0.15, 0.2) is 0 Å². The SMILES string of the molecule is CCCCCCOS(=O)(=O)c1ccccc1. The van der Waals surface area contributed by atoms with Crippen LogP contribution in [-0.2, 0) is 14.3 Å². The van der Waals surface area contributed by atoms with Crippen LogP contribution in [0.5, 0.6) is 0 Å². The van der Waals surface area contributed by atoms with E-state index < -0.39 is 10.1 Å². The normalized spacial score (nSPS) is 11.6. The molecule has 90 valence electrons. The van der Waals surface area contributed by atoms with Crippen LogP contribution in [0.1, 0.15) is 32.6 Å². The first-order valence-electron chi connectivity index (χ1n) is 5.61. The lowest BCUT2D eigenvalue weighted by Crippen LogP contribution is -2.07. The Hall–Kier alpha value is -0.870. The van der Waals surface area contributed by atoms with E-state index in [4.69, 9.17) is 4.18 Å². The summed E-state index contributed by atoms with van der Waals surface area (Å²) >= 11 is 0. The molecule has 0 amide bonds. The summed E-state index contributed by atoms with van der Waals surface area (Å²) in [6, 6.07) is 8.24. The molecule has 4 heteroatoms. The second-order valence-electron chi connectivity index (χ2n) is 3.65. The molecular weight excluding hydrogens is 224 g/mol. The van der Waals surface area contributed by atoms with Gasteiger partial charge in [-0.15, -0.1) is 0 Å². The second kappa shape index (κ2) is 6.66. The third-order valence-electron chi connectivity index (χ3n) is 2.27. The van der Waals surface area contributed by atoms with Crippen molar-refractivity contribution in [2.75, 3.05) is 6.61 Å². The predicted molar refractivity (Wildman–Crippen MR) is 63.7 cm³/mol. The van der Waals surface area contributed by atoms with Gasteiger partial charge in [-0.2, -0.15) is 8.42 Å². The Morgan fingerprint density at radius 1 is 1.06 bits per heavy atom. The molecule has 1 rings (SSSR count). The van der Waals surface area contributed by atoms with Gasteiger partial charge < -0.3 is 0 Å². The highest BCUT2D eigenvalue weighted by atomic mass is 32.2. The molecule has 0 N–H and O–H groups in total. The Balaban J connectivity index is 2.41. The van der Waals surface area contributed by atoms with Crippen molar-refractivity contribution in [2.45, 2.75) is 37.5 Å². The monoisotopic (exact) mass is 242 g/mol. The summed E-state index contributed by atoms with van der Waals surface area (Å²) in [6.07, 6.45) is 4.06. The molecule has 0 fully saturated rings. The zero-order chi connectivity index (χ0) is 11.9. The van der Waals surface area contributed by atoms with E-state index >= 15 is 0 Å². The van der Waals surface area contributed by atoms with Crippen LogP contribution in [0.2, 0.25) is 0 Å². The summed E-state index contributed by atoms with van der Waals surface area (Å²) in [5.74, 6) is 0. The molecule has 0 saturated heterocycles. The van der Waals surface area contributed by atoms with Crippen molar-refractivity contribution >= 4 is 10.1 Å². The molecule has 3 nitrogen and oxygen atoms in total. The molecule has 16 heavy (non-hydrogen) atoms. The van der Waals surface area contributed by atoms with E-state index in [1.54, 1.807) is 30.3 Å². The van der Waals surface area contributed by atoms with Crippen LogP contribution in [0.25, 0.3) is 0 Å². The Kier molecular flexibility index (Phi) is 5.49. The van der Waals surface area contributed by atoms with Crippen LogP contribution in [0.15, 0.2) is 35.2 Å². The topological polar surface area (TPSA) is 43.4 Å². The molecule has 0 bridgehead atoms. The number of rotatable bonds is 7. The van der Waals surface area contributed by atoms with Gasteiger partial charge in [0.2, 0.25) is 0 Å². The van der Waals surface area contributed by atoms with Gasteiger partial charge >= 0.3 is 0 Å². The fourth-order valence-electron chi connectivity index (χ4n) is 1.35. The van der Waals surface area contributed by atoms with E-state index in [1.807, 2.05) is 0 Å². The van der Waals surface area contributed by atoms with Crippen molar-refractivity contribution in [3.63, 3.8) is 0 Å². The smallest absolute Gasteiger partial charge is 0.266 e. The van der Waals surface area contributed by atoms with E-state index in [9.17, 15) is 8.42 Å². The maximum Gasteiger partial charge on any atom is 0.296 e. The number of hydrogen-bond donors (Lipinski definition) is 0. The standard InChI is InChI=1S/C12H18O3S/c1-2-3-4-8-11-15-16(13,14)12-9-6-5-7-10-12/h5-7,9-10H,2-4,8,11H2,1H3. The summed E-state index contributed by atoms with van der Waals surface area (Å²) in [6.45, 7) is 2.39. The molecule has 0 atom stereocenters. The van der Waals surface area contributed by atoms with Crippen molar-refractivity contribution in [3.05, 3.63) is 30.3 Å². The molecule has 0 radical (unpaired) electrons. The van der Waals surface area contributed by atoms with E-state index in [0.29, 0.717) is 0 Å². The number of unbranched alkanes of at least 4 members (excludes halogenated alkanes) is 3. The molecule has 0 aliphatic rings. The highest BCUT2D eigenvalue weighted by molar-refractivity contribution is 7.86. The number of benzene rings is 1. The minimum atomic E-state index is -3.55. The van der Waals surface area contributed by atoms with Gasteiger partial charge in [-0.05, 0) is 18.6 Å². The average Bonchev–Trinajstić information content (AvgIpc) is 2.30. The van der Waals surface area contributed by atoms with Crippen molar-refractivity contribution in [1.29, 1.82) is 0 Å². The van der Waals surface area contributed by atoms with Crippen molar-refractivity contribution in [2.24, 2.45) is 0 Å². The third-order valence-corrected chi connectivity index (χ3v) is 3.59. The maximum absolute atomic E-state index is 11.6. The van der Waals surface area contributed by atoms with Crippen molar-refractivity contribution in [1.82, 2.24) is 0 Å². The molecule has 0 heterocycles. The van der Waals surface area contributed by atoms with E-state index in [0.717, 1.165) is 25.7 Å². The quantitative estimate of drug-likeness (QED) is 0.545. The molecule has 1 aromatic carbocycles. The van der Waals surface area contributed by atoms with Crippen LogP contribution in [0.4, 0.5) is 0 Å². The lowest BCUT2D eigenvalue weighted by atomic mass is 10.2. The molecule has 0 saturated carbocycles. The zero-order valence-electron chi connectivity index (χ0n) is 9.56. The summed E-state index contributed by atoms with van der Waals surface area (Å²) in [7, 11) is -3.55. The third kappa shape index (κ3) is 4.33. The van der Waals surface area contributed by atoms with Gasteiger partial charge in [0.1, 0.15) is 0 Å². The molecule has 1 aromatic rings. The minimum Gasteiger partial charge on any atom is -0.266 e. The van der Waals surface area contributed by atoms with Crippen molar-refractivity contribution in [3.8, 4) is 0 Å². The lowest BCUT2D eigenvalue weighted by Gasteiger charge is -2.04. The minimum absolute atomic E-state index is 0.227. The van der Waals surface area contributed by atoms with Crippen LogP contribution in [0, 0.1) is 0 Å². The molecule has 0 unspecified atom stereocenters. The Bertz CT molecular complexity index is 384. The Morgan fingerprint density at radius 2 is 1.75 bits per heavy atom. The van der Waals surface area contributed by atoms with E-state index in [2.05, 4.69) is 6.92 Å². The summed E-state index contributed by atoms with van der Waals surface area (Å²) in [5.41, 5.74) is 0. The average molecular weight is 242 g/mol. The fraction of sp³-hybridized carbons (Fsp3) is 0.500. The van der Waals surface area contributed by atoms with Gasteiger partial charge in [-0.3, -0.25) is 4.18 Å². The largest absolute Gasteiger partial charge is 0.296 e. The molecular formula is C12H18O3S. The van der Waals surface area contributed by atoms with E-state index in [1.165, 1.54) is 0 Å². The van der Waals surface area contributed by atoms with Crippen LogP contribution in [-0.4, -0.2) is 15.0 Å². The summed E-state index contributed by atoms with van der Waals surface area (Å²) in [4.78, 5) is 0.227. The van der Waals surface area contributed by atoms with E-state index in [-0.39, 0.29) is 11.5 Å². The first-order valence-corrected chi connectivity index (χ1v) is 7.02. The van der Waals surface area contributed by atoms with Gasteiger partial charge in [-0.1, -0.05) is 44.4 Å².